The van der Waals surface area contributed by atoms with E-state index in [0.717, 1.165) is 5.56 Å². The number of primary sulfonamides is 1. The summed E-state index contributed by atoms with van der Waals surface area (Å²) < 4.78 is 49.1. The van der Waals surface area contributed by atoms with E-state index < -0.39 is 20.0 Å². The zero-order valence-corrected chi connectivity index (χ0v) is 13.5. The van der Waals surface area contributed by atoms with Crippen LogP contribution in [0.2, 0.25) is 0 Å². The number of aryl methyl sites for hydroxylation is 1. The smallest absolute Gasteiger partial charge is 0.225 e. The minimum absolute atomic E-state index is 0.0159. The van der Waals surface area contributed by atoms with Crippen LogP contribution in [0.1, 0.15) is 11.1 Å². The molecule has 0 saturated carbocycles. The third-order valence-corrected chi connectivity index (χ3v) is 5.35. The summed E-state index contributed by atoms with van der Waals surface area (Å²) in [6.07, 6.45) is 0. The molecule has 2 aromatic carbocycles. The van der Waals surface area contributed by atoms with Crippen molar-refractivity contribution in [3.8, 4) is 0 Å². The van der Waals surface area contributed by atoms with Gasteiger partial charge in [-0.1, -0.05) is 24.3 Å². The average molecular weight is 340 g/mol. The van der Waals surface area contributed by atoms with Crippen molar-refractivity contribution in [2.24, 2.45) is 5.14 Å². The highest BCUT2D eigenvalue weighted by atomic mass is 32.2. The van der Waals surface area contributed by atoms with Gasteiger partial charge >= 0.3 is 0 Å². The van der Waals surface area contributed by atoms with Gasteiger partial charge in [0, 0.05) is 6.54 Å². The molecular weight excluding hydrogens is 324 g/mol. The van der Waals surface area contributed by atoms with Crippen LogP contribution in [0.3, 0.4) is 0 Å². The number of hydrogen-bond donors (Lipinski definition) is 2. The van der Waals surface area contributed by atoms with Crippen molar-refractivity contribution in [3.63, 3.8) is 0 Å². The summed E-state index contributed by atoms with van der Waals surface area (Å²) in [5, 5.41) is 5.00. The molecule has 0 aromatic heterocycles. The number of nitrogens with one attached hydrogen (secondary N) is 1. The van der Waals surface area contributed by atoms with Crippen LogP contribution in [0.4, 0.5) is 0 Å². The fraction of sp³-hybridized carbons (Fsp3) is 0.143. The first-order chi connectivity index (χ1) is 10.2. The Morgan fingerprint density at radius 3 is 2.14 bits per heavy atom. The lowest BCUT2D eigenvalue weighted by Gasteiger charge is -2.08. The maximum absolute atomic E-state index is 12.2. The highest BCUT2D eigenvalue weighted by molar-refractivity contribution is 7.89. The first-order valence-electron chi connectivity index (χ1n) is 6.36. The fourth-order valence-electron chi connectivity index (χ4n) is 1.84. The molecule has 0 bridgehead atoms. The van der Waals surface area contributed by atoms with Gasteiger partial charge in [0.2, 0.25) is 20.0 Å². The van der Waals surface area contributed by atoms with Gasteiger partial charge in [0.05, 0.1) is 9.79 Å². The molecule has 0 aliphatic heterocycles. The molecule has 0 amide bonds. The molecular formula is C14H16N2O4S2. The standard InChI is InChI=1S/C14H16N2O4S2/c1-11-3-2-4-14(9-11)22(19,20)16-10-12-5-7-13(8-6-12)21(15,17)18/h2-9,16H,10H2,1H3,(H2,15,17,18). The van der Waals surface area contributed by atoms with Gasteiger partial charge in [-0.3, -0.25) is 0 Å². The van der Waals surface area contributed by atoms with Crippen molar-refractivity contribution in [1.29, 1.82) is 0 Å². The summed E-state index contributed by atoms with van der Waals surface area (Å²) in [6, 6.07) is 12.3. The van der Waals surface area contributed by atoms with E-state index in [-0.39, 0.29) is 16.3 Å². The van der Waals surface area contributed by atoms with E-state index in [0.29, 0.717) is 5.56 Å². The number of sulfonamides is 2. The van der Waals surface area contributed by atoms with Crippen LogP contribution in [-0.2, 0) is 26.6 Å². The molecule has 0 radical (unpaired) electrons. The van der Waals surface area contributed by atoms with Gasteiger partial charge in [0.25, 0.3) is 0 Å². The maximum Gasteiger partial charge on any atom is 0.240 e. The molecule has 8 heteroatoms. The van der Waals surface area contributed by atoms with Gasteiger partial charge in [0.15, 0.2) is 0 Å². The maximum atomic E-state index is 12.2. The van der Waals surface area contributed by atoms with Crippen LogP contribution < -0.4 is 9.86 Å². The lowest BCUT2D eigenvalue weighted by atomic mass is 10.2. The minimum atomic E-state index is -3.75. The Balaban J connectivity index is 2.12. The van der Waals surface area contributed by atoms with Gasteiger partial charge in [-0.05, 0) is 42.3 Å². The Labute approximate surface area is 130 Å². The van der Waals surface area contributed by atoms with Crippen LogP contribution in [-0.4, -0.2) is 16.8 Å². The molecule has 0 saturated heterocycles. The molecule has 0 aliphatic carbocycles. The molecule has 0 fully saturated rings. The summed E-state index contributed by atoms with van der Waals surface area (Å²) in [5.74, 6) is 0. The summed E-state index contributed by atoms with van der Waals surface area (Å²) >= 11 is 0. The lowest BCUT2D eigenvalue weighted by molar-refractivity contribution is 0.581. The number of benzene rings is 2. The van der Waals surface area contributed by atoms with Crippen LogP contribution >= 0.6 is 0 Å². The second-order valence-electron chi connectivity index (χ2n) is 4.83. The molecule has 2 aromatic rings. The van der Waals surface area contributed by atoms with Gasteiger partial charge in [0.1, 0.15) is 0 Å². The zero-order chi connectivity index (χ0) is 16.4. The average Bonchev–Trinajstić information content (AvgIpc) is 2.45. The topological polar surface area (TPSA) is 106 Å². The monoisotopic (exact) mass is 340 g/mol. The van der Waals surface area contributed by atoms with E-state index in [1.54, 1.807) is 12.1 Å². The second kappa shape index (κ2) is 6.17. The van der Waals surface area contributed by atoms with Crippen molar-refractivity contribution in [2.45, 2.75) is 23.3 Å². The largest absolute Gasteiger partial charge is 0.240 e. The Morgan fingerprint density at radius 2 is 1.59 bits per heavy atom. The molecule has 0 unspecified atom stereocenters. The van der Waals surface area contributed by atoms with E-state index in [1.807, 2.05) is 13.0 Å². The number of rotatable bonds is 5. The number of hydrogen-bond acceptors (Lipinski definition) is 4. The molecule has 118 valence electrons. The van der Waals surface area contributed by atoms with Crippen molar-refractivity contribution >= 4 is 20.0 Å². The van der Waals surface area contributed by atoms with Crippen molar-refractivity contribution in [2.75, 3.05) is 0 Å². The zero-order valence-electron chi connectivity index (χ0n) is 11.9. The normalized spacial score (nSPS) is 12.3. The summed E-state index contributed by atoms with van der Waals surface area (Å²) in [4.78, 5) is 0.173. The SMILES string of the molecule is Cc1cccc(S(=O)(=O)NCc2ccc(S(N)(=O)=O)cc2)c1. The molecule has 0 heterocycles. The molecule has 0 spiro atoms. The van der Waals surface area contributed by atoms with Crippen LogP contribution in [0.25, 0.3) is 0 Å². The Morgan fingerprint density at radius 1 is 0.955 bits per heavy atom. The van der Waals surface area contributed by atoms with Crippen LogP contribution in [0, 0.1) is 6.92 Å². The summed E-state index contributed by atoms with van der Waals surface area (Å²) in [5.41, 5.74) is 1.48. The molecule has 6 nitrogen and oxygen atoms in total. The van der Waals surface area contributed by atoms with Crippen LogP contribution in [0.5, 0.6) is 0 Å². The minimum Gasteiger partial charge on any atom is -0.225 e. The van der Waals surface area contributed by atoms with E-state index in [4.69, 9.17) is 5.14 Å². The predicted molar refractivity (Wildman–Crippen MR) is 83.0 cm³/mol. The summed E-state index contributed by atoms with van der Waals surface area (Å²) in [6.45, 7) is 1.87. The quantitative estimate of drug-likeness (QED) is 0.850. The Hall–Kier alpha value is -1.74. The summed E-state index contributed by atoms with van der Waals surface area (Å²) in [7, 11) is -7.36. The molecule has 2 rings (SSSR count). The molecule has 0 aliphatic rings. The fourth-order valence-corrected chi connectivity index (χ4v) is 3.48. The van der Waals surface area contributed by atoms with Crippen LogP contribution in [0.15, 0.2) is 58.3 Å². The molecule has 3 N–H and O–H groups in total. The van der Waals surface area contributed by atoms with Gasteiger partial charge in [-0.2, -0.15) is 0 Å². The highest BCUT2D eigenvalue weighted by Crippen LogP contribution is 2.13. The lowest BCUT2D eigenvalue weighted by Crippen LogP contribution is -2.23. The molecule has 22 heavy (non-hydrogen) atoms. The van der Waals surface area contributed by atoms with E-state index in [2.05, 4.69) is 4.72 Å². The van der Waals surface area contributed by atoms with Crippen molar-refractivity contribution < 1.29 is 16.8 Å². The number of nitrogens with two attached hydrogens (primary N) is 1. The Kier molecular flexibility index (Phi) is 4.66. The molecule has 0 atom stereocenters. The third-order valence-electron chi connectivity index (χ3n) is 3.02. The third kappa shape index (κ3) is 4.14. The Bertz CT molecular complexity index is 873. The van der Waals surface area contributed by atoms with E-state index in [9.17, 15) is 16.8 Å². The second-order valence-corrected chi connectivity index (χ2v) is 8.16. The highest BCUT2D eigenvalue weighted by Gasteiger charge is 2.14. The first-order valence-corrected chi connectivity index (χ1v) is 9.39. The van der Waals surface area contributed by atoms with Gasteiger partial charge in [-0.25, -0.2) is 26.7 Å². The van der Waals surface area contributed by atoms with Gasteiger partial charge in [-0.15, -0.1) is 0 Å². The van der Waals surface area contributed by atoms with Gasteiger partial charge < -0.3 is 0 Å². The first kappa shape index (κ1) is 16.6. The predicted octanol–water partition coefficient (Wildman–Crippen LogP) is 1.12. The van der Waals surface area contributed by atoms with Crippen molar-refractivity contribution in [3.05, 3.63) is 59.7 Å². The van der Waals surface area contributed by atoms with Crippen molar-refractivity contribution in [1.82, 2.24) is 4.72 Å². The van der Waals surface area contributed by atoms with E-state index in [1.165, 1.54) is 30.3 Å². The van der Waals surface area contributed by atoms with E-state index >= 15 is 0 Å².